The molecule has 0 aliphatic heterocycles. The summed E-state index contributed by atoms with van der Waals surface area (Å²) < 4.78 is 0. The molecular formula is C15H24O. The molecule has 1 heteroatoms. The SMILES string of the molecule is CC1=CC[C@H](O)[C@@]2(C)CC[C@H](C(C)C)C=C12. The fourth-order valence-corrected chi connectivity index (χ4v) is 3.20. The van der Waals surface area contributed by atoms with E-state index in [4.69, 9.17) is 0 Å². The van der Waals surface area contributed by atoms with Crippen molar-refractivity contribution in [1.82, 2.24) is 0 Å². The van der Waals surface area contributed by atoms with Crippen LogP contribution in [0.25, 0.3) is 0 Å². The molecule has 0 aromatic rings. The zero-order valence-electron chi connectivity index (χ0n) is 11.0. The molecule has 0 aromatic carbocycles. The molecule has 0 saturated heterocycles. The van der Waals surface area contributed by atoms with E-state index in [1.807, 2.05) is 0 Å². The van der Waals surface area contributed by atoms with Crippen LogP contribution < -0.4 is 0 Å². The quantitative estimate of drug-likeness (QED) is 0.714. The summed E-state index contributed by atoms with van der Waals surface area (Å²) in [4.78, 5) is 0. The number of aliphatic hydroxyl groups is 1. The molecule has 0 aromatic heterocycles. The van der Waals surface area contributed by atoms with Crippen LogP contribution in [0.5, 0.6) is 0 Å². The maximum absolute atomic E-state index is 10.2. The Morgan fingerprint density at radius 2 is 2.12 bits per heavy atom. The molecule has 0 radical (unpaired) electrons. The minimum atomic E-state index is -0.185. The smallest absolute Gasteiger partial charge is 0.0668 e. The van der Waals surface area contributed by atoms with E-state index in [1.54, 1.807) is 0 Å². The Labute approximate surface area is 99.3 Å². The van der Waals surface area contributed by atoms with Crippen molar-refractivity contribution >= 4 is 0 Å². The van der Waals surface area contributed by atoms with E-state index in [-0.39, 0.29) is 11.5 Å². The van der Waals surface area contributed by atoms with Crippen LogP contribution in [0.15, 0.2) is 23.3 Å². The lowest BCUT2D eigenvalue weighted by atomic mass is 9.62. The van der Waals surface area contributed by atoms with Gasteiger partial charge in [-0.15, -0.1) is 0 Å². The van der Waals surface area contributed by atoms with Crippen molar-refractivity contribution in [3.05, 3.63) is 23.3 Å². The standard InChI is InChI=1S/C15H24O/c1-10(2)12-7-8-15(4)13(9-12)11(3)5-6-14(15)16/h5,9-10,12,14,16H,6-8H2,1-4H3/t12-,14-,15-/m0/s1. The molecule has 0 amide bonds. The molecule has 1 N–H and O–H groups in total. The summed E-state index contributed by atoms with van der Waals surface area (Å²) in [6.07, 6.45) is 7.63. The Kier molecular flexibility index (Phi) is 3.00. The predicted octanol–water partition coefficient (Wildman–Crippen LogP) is 3.70. The molecule has 0 spiro atoms. The highest BCUT2D eigenvalue weighted by molar-refractivity contribution is 5.41. The maximum atomic E-state index is 10.2. The van der Waals surface area contributed by atoms with Gasteiger partial charge in [0.1, 0.15) is 0 Å². The van der Waals surface area contributed by atoms with Crippen molar-refractivity contribution in [2.75, 3.05) is 0 Å². The summed E-state index contributed by atoms with van der Waals surface area (Å²) in [6.45, 7) is 9.01. The third-order valence-electron chi connectivity index (χ3n) is 4.66. The van der Waals surface area contributed by atoms with Crippen LogP contribution in [0.2, 0.25) is 0 Å². The third kappa shape index (κ3) is 1.75. The molecule has 0 bridgehead atoms. The second-order valence-electron chi connectivity index (χ2n) is 6.08. The first-order chi connectivity index (χ1) is 7.45. The van der Waals surface area contributed by atoms with Gasteiger partial charge in [0.2, 0.25) is 0 Å². The average Bonchev–Trinajstić information content (AvgIpc) is 2.24. The normalized spacial score (nSPS) is 39.1. The third-order valence-corrected chi connectivity index (χ3v) is 4.66. The second-order valence-corrected chi connectivity index (χ2v) is 6.08. The highest BCUT2D eigenvalue weighted by Crippen LogP contribution is 2.49. The lowest BCUT2D eigenvalue weighted by molar-refractivity contribution is 0.0447. The molecule has 0 heterocycles. The van der Waals surface area contributed by atoms with Gasteiger partial charge >= 0.3 is 0 Å². The summed E-state index contributed by atoms with van der Waals surface area (Å²) in [5.74, 6) is 1.40. The van der Waals surface area contributed by atoms with Crippen molar-refractivity contribution in [2.45, 2.75) is 53.1 Å². The van der Waals surface area contributed by atoms with Gasteiger partial charge in [0.05, 0.1) is 6.10 Å². The van der Waals surface area contributed by atoms with E-state index in [0.29, 0.717) is 11.8 Å². The van der Waals surface area contributed by atoms with E-state index >= 15 is 0 Å². The average molecular weight is 220 g/mol. The van der Waals surface area contributed by atoms with Gasteiger partial charge in [-0.3, -0.25) is 0 Å². The van der Waals surface area contributed by atoms with Gasteiger partial charge in [-0.25, -0.2) is 0 Å². The topological polar surface area (TPSA) is 20.2 Å². The highest BCUT2D eigenvalue weighted by atomic mass is 16.3. The van der Waals surface area contributed by atoms with Crippen molar-refractivity contribution in [3.63, 3.8) is 0 Å². The largest absolute Gasteiger partial charge is 0.392 e. The Hall–Kier alpha value is -0.560. The molecule has 2 aliphatic carbocycles. The highest BCUT2D eigenvalue weighted by Gasteiger charge is 2.42. The minimum absolute atomic E-state index is 0.0181. The predicted molar refractivity (Wildman–Crippen MR) is 68.1 cm³/mol. The van der Waals surface area contributed by atoms with E-state index < -0.39 is 0 Å². The molecule has 1 nitrogen and oxygen atoms in total. The molecule has 0 fully saturated rings. The molecule has 2 aliphatic rings. The fraction of sp³-hybridized carbons (Fsp3) is 0.733. The monoisotopic (exact) mass is 220 g/mol. The molecular weight excluding hydrogens is 196 g/mol. The van der Waals surface area contributed by atoms with E-state index in [1.165, 1.54) is 17.6 Å². The van der Waals surface area contributed by atoms with Crippen molar-refractivity contribution in [2.24, 2.45) is 17.3 Å². The zero-order valence-corrected chi connectivity index (χ0v) is 11.0. The number of hydrogen-bond acceptors (Lipinski definition) is 1. The van der Waals surface area contributed by atoms with Crippen molar-refractivity contribution in [3.8, 4) is 0 Å². The van der Waals surface area contributed by atoms with Gasteiger partial charge in [0.15, 0.2) is 0 Å². The molecule has 3 atom stereocenters. The summed E-state index contributed by atoms with van der Waals surface area (Å²) in [7, 11) is 0. The first kappa shape index (κ1) is 11.9. The number of hydrogen-bond donors (Lipinski definition) is 1. The van der Waals surface area contributed by atoms with Crippen LogP contribution in [-0.2, 0) is 0 Å². The first-order valence-corrected chi connectivity index (χ1v) is 6.52. The maximum Gasteiger partial charge on any atom is 0.0668 e. The van der Waals surface area contributed by atoms with Crippen LogP contribution in [0.3, 0.4) is 0 Å². The minimum Gasteiger partial charge on any atom is -0.392 e. The number of fused-ring (bicyclic) bond motifs is 1. The van der Waals surface area contributed by atoms with Crippen LogP contribution in [0, 0.1) is 17.3 Å². The Balaban J connectivity index is 2.39. The van der Waals surface area contributed by atoms with E-state index in [0.717, 1.165) is 12.8 Å². The van der Waals surface area contributed by atoms with Crippen LogP contribution in [0.4, 0.5) is 0 Å². The summed E-state index contributed by atoms with van der Waals surface area (Å²) in [5, 5.41) is 10.2. The second kappa shape index (κ2) is 4.03. The number of allylic oxidation sites excluding steroid dienone is 2. The van der Waals surface area contributed by atoms with Crippen molar-refractivity contribution in [1.29, 1.82) is 0 Å². The van der Waals surface area contributed by atoms with Gasteiger partial charge in [-0.2, -0.15) is 0 Å². The number of rotatable bonds is 1. The van der Waals surface area contributed by atoms with Crippen LogP contribution >= 0.6 is 0 Å². The van der Waals surface area contributed by atoms with Crippen LogP contribution in [0.1, 0.15) is 47.0 Å². The summed E-state index contributed by atoms with van der Waals surface area (Å²) in [5.41, 5.74) is 2.82. The lowest BCUT2D eigenvalue weighted by Gasteiger charge is -2.45. The summed E-state index contributed by atoms with van der Waals surface area (Å²) in [6, 6.07) is 0. The van der Waals surface area contributed by atoms with Gasteiger partial charge in [0, 0.05) is 5.41 Å². The van der Waals surface area contributed by atoms with Gasteiger partial charge in [0.25, 0.3) is 0 Å². The zero-order chi connectivity index (χ0) is 11.9. The molecule has 0 saturated carbocycles. The molecule has 16 heavy (non-hydrogen) atoms. The van der Waals surface area contributed by atoms with Gasteiger partial charge < -0.3 is 5.11 Å². The van der Waals surface area contributed by atoms with Crippen molar-refractivity contribution < 1.29 is 5.11 Å². The molecule has 90 valence electrons. The first-order valence-electron chi connectivity index (χ1n) is 6.52. The number of aliphatic hydroxyl groups excluding tert-OH is 1. The van der Waals surface area contributed by atoms with E-state index in [2.05, 4.69) is 39.8 Å². The van der Waals surface area contributed by atoms with Crippen LogP contribution in [-0.4, -0.2) is 11.2 Å². The van der Waals surface area contributed by atoms with Gasteiger partial charge in [-0.05, 0) is 43.6 Å². The Bertz CT molecular complexity index is 337. The Morgan fingerprint density at radius 3 is 2.75 bits per heavy atom. The molecule has 2 rings (SSSR count). The molecule has 0 unspecified atom stereocenters. The lowest BCUT2D eigenvalue weighted by Crippen LogP contribution is -2.40. The summed E-state index contributed by atoms with van der Waals surface area (Å²) >= 11 is 0. The fourth-order valence-electron chi connectivity index (χ4n) is 3.20. The van der Waals surface area contributed by atoms with E-state index in [9.17, 15) is 5.11 Å². The van der Waals surface area contributed by atoms with Gasteiger partial charge in [-0.1, -0.05) is 38.5 Å². The Morgan fingerprint density at radius 1 is 1.44 bits per heavy atom.